The molecule has 73 heavy (non-hydrogen) atoms. The van der Waals surface area contributed by atoms with Crippen LogP contribution in [0, 0.1) is 0 Å². The molecule has 1 unspecified atom stereocenters. The molecule has 1 atom stereocenters. The highest BCUT2D eigenvalue weighted by Crippen LogP contribution is 2.14. The zero-order valence-corrected chi connectivity index (χ0v) is 47.1. The van der Waals surface area contributed by atoms with Crippen molar-refractivity contribution in [3.8, 4) is 0 Å². The maximum Gasteiger partial charge on any atom is 0.306 e. The third kappa shape index (κ3) is 58.3. The average molecular weight is 1010 g/mol. The Morgan fingerprint density at radius 2 is 0.534 bits per heavy atom. The second-order valence-electron chi connectivity index (χ2n) is 19.4. The summed E-state index contributed by atoms with van der Waals surface area (Å²) in [5.41, 5.74) is 0. The van der Waals surface area contributed by atoms with E-state index in [4.69, 9.17) is 14.2 Å². The molecule has 0 bridgehead atoms. The fraction of sp³-hybridized carbons (Fsp3) is 0.627. The molecule has 0 radical (unpaired) electrons. The van der Waals surface area contributed by atoms with E-state index in [0.29, 0.717) is 19.3 Å². The molecule has 0 aliphatic heterocycles. The molecule has 0 heterocycles. The van der Waals surface area contributed by atoms with Crippen molar-refractivity contribution in [2.24, 2.45) is 0 Å². The largest absolute Gasteiger partial charge is 0.462 e. The zero-order chi connectivity index (χ0) is 52.9. The Balaban J connectivity index is 4.57. The summed E-state index contributed by atoms with van der Waals surface area (Å²) in [6.07, 6.45) is 84.3. The maximum atomic E-state index is 12.9. The van der Waals surface area contributed by atoms with E-state index in [1.165, 1.54) is 103 Å². The van der Waals surface area contributed by atoms with Gasteiger partial charge in [0.2, 0.25) is 0 Å². The fourth-order valence-electron chi connectivity index (χ4n) is 7.88. The summed E-state index contributed by atoms with van der Waals surface area (Å²) in [5, 5.41) is 0. The van der Waals surface area contributed by atoms with Gasteiger partial charge in [0.15, 0.2) is 6.10 Å². The minimum atomic E-state index is -0.818. The van der Waals surface area contributed by atoms with Crippen molar-refractivity contribution < 1.29 is 28.6 Å². The molecule has 0 aromatic heterocycles. The van der Waals surface area contributed by atoms with E-state index in [9.17, 15) is 14.4 Å². The molecule has 412 valence electrons. The van der Waals surface area contributed by atoms with Gasteiger partial charge in [-0.25, -0.2) is 0 Å². The predicted octanol–water partition coefficient (Wildman–Crippen LogP) is 20.2. The van der Waals surface area contributed by atoms with Crippen molar-refractivity contribution in [3.63, 3.8) is 0 Å². The Labute approximate surface area is 449 Å². The Kier molecular flexibility index (Phi) is 56.4. The van der Waals surface area contributed by atoms with Crippen LogP contribution in [0.5, 0.6) is 0 Å². The van der Waals surface area contributed by atoms with Gasteiger partial charge in [0.05, 0.1) is 0 Å². The van der Waals surface area contributed by atoms with E-state index in [0.717, 1.165) is 109 Å². The van der Waals surface area contributed by atoms with E-state index in [1.807, 2.05) is 72.9 Å². The van der Waals surface area contributed by atoms with Gasteiger partial charge >= 0.3 is 17.9 Å². The van der Waals surface area contributed by atoms with Crippen molar-refractivity contribution in [1.82, 2.24) is 0 Å². The second kappa shape index (κ2) is 60.1. The Morgan fingerprint density at radius 3 is 0.863 bits per heavy atom. The first kappa shape index (κ1) is 68.6. The normalized spacial score (nSPS) is 13.1. The highest BCUT2D eigenvalue weighted by atomic mass is 16.6. The van der Waals surface area contributed by atoms with Crippen molar-refractivity contribution in [1.29, 1.82) is 0 Å². The lowest BCUT2D eigenvalue weighted by Gasteiger charge is -2.18. The Bertz CT molecular complexity index is 1580. The third-order valence-corrected chi connectivity index (χ3v) is 12.4. The molecule has 0 fully saturated rings. The molecule has 6 heteroatoms. The lowest BCUT2D eigenvalue weighted by atomic mass is 10.1. The summed E-state index contributed by atoms with van der Waals surface area (Å²) in [6, 6.07) is 0. The summed E-state index contributed by atoms with van der Waals surface area (Å²) in [4.78, 5) is 38.2. The van der Waals surface area contributed by atoms with Crippen LogP contribution in [0.4, 0.5) is 0 Å². The van der Waals surface area contributed by atoms with Crippen molar-refractivity contribution >= 4 is 17.9 Å². The van der Waals surface area contributed by atoms with Gasteiger partial charge < -0.3 is 14.2 Å². The van der Waals surface area contributed by atoms with Gasteiger partial charge in [-0.1, -0.05) is 276 Å². The molecule has 0 spiro atoms. The first-order valence-corrected chi connectivity index (χ1v) is 29.8. The van der Waals surface area contributed by atoms with Crippen molar-refractivity contribution in [2.75, 3.05) is 13.2 Å². The highest BCUT2D eigenvalue weighted by Gasteiger charge is 2.19. The molecule has 0 amide bonds. The van der Waals surface area contributed by atoms with Gasteiger partial charge in [-0.05, 0) is 89.9 Å². The lowest BCUT2D eigenvalue weighted by molar-refractivity contribution is -0.167. The molecule has 0 aromatic carbocycles. The van der Waals surface area contributed by atoms with Crippen LogP contribution in [-0.2, 0) is 28.6 Å². The first-order valence-electron chi connectivity index (χ1n) is 29.8. The van der Waals surface area contributed by atoms with E-state index in [-0.39, 0.29) is 31.1 Å². The van der Waals surface area contributed by atoms with Gasteiger partial charge in [-0.2, -0.15) is 0 Å². The molecular weight excluding hydrogens is 901 g/mol. The Hall–Kier alpha value is -4.45. The van der Waals surface area contributed by atoms with Crippen molar-refractivity contribution in [3.05, 3.63) is 134 Å². The Morgan fingerprint density at radius 1 is 0.288 bits per heavy atom. The standard InChI is InChI=1S/C67H108O6/c1-4-7-10-13-16-19-22-25-28-31-34-37-39-42-45-48-51-54-57-60-66(69)72-63-64(73-67(70)61-58-55-52-49-46-43-40-36-33-30-27-24-21-18-15-12-9-6-3)62-71-65(68)59-56-53-50-47-44-41-38-35-32-29-26-23-20-17-14-11-8-5-2/h7,10,13,16,19,22,25,28-40,42,45,64H,4-6,8-9,11-12,14-15,17-18,20-21,23-24,26-27,41,43-44,46-63H2,1-3H3/b10-7-,16-13-,22-19-,28-25-,32-29-,33-30-,34-31+,38-35-,39-37-,40-36-,45-42-. The van der Waals surface area contributed by atoms with Crippen LogP contribution in [0.15, 0.2) is 134 Å². The molecule has 0 rings (SSSR count). The lowest BCUT2D eigenvalue weighted by Crippen LogP contribution is -2.30. The molecular formula is C67H108O6. The summed E-state index contributed by atoms with van der Waals surface area (Å²) >= 11 is 0. The number of unbranched alkanes of at least 4 members (excludes halogenated alkanes) is 27. The van der Waals surface area contributed by atoms with Crippen LogP contribution in [0.1, 0.15) is 252 Å². The molecule has 6 nitrogen and oxygen atoms in total. The molecule has 0 saturated carbocycles. The van der Waals surface area contributed by atoms with Gasteiger partial charge in [0.1, 0.15) is 13.2 Å². The smallest absolute Gasteiger partial charge is 0.306 e. The number of hydrogen-bond acceptors (Lipinski definition) is 6. The monoisotopic (exact) mass is 1010 g/mol. The van der Waals surface area contributed by atoms with Gasteiger partial charge in [0.25, 0.3) is 0 Å². The fourth-order valence-corrected chi connectivity index (χ4v) is 7.88. The van der Waals surface area contributed by atoms with Crippen LogP contribution >= 0.6 is 0 Å². The number of hydrogen-bond donors (Lipinski definition) is 0. The van der Waals surface area contributed by atoms with E-state index < -0.39 is 6.10 Å². The van der Waals surface area contributed by atoms with Gasteiger partial charge in [0, 0.05) is 19.3 Å². The summed E-state index contributed by atoms with van der Waals surface area (Å²) in [7, 11) is 0. The average Bonchev–Trinajstić information content (AvgIpc) is 3.39. The van der Waals surface area contributed by atoms with Crippen LogP contribution in [0.3, 0.4) is 0 Å². The van der Waals surface area contributed by atoms with Crippen LogP contribution in [0.2, 0.25) is 0 Å². The minimum Gasteiger partial charge on any atom is -0.462 e. The maximum absolute atomic E-state index is 12.9. The molecule has 0 N–H and O–H groups in total. The van der Waals surface area contributed by atoms with Crippen LogP contribution in [0.25, 0.3) is 0 Å². The summed E-state index contributed by atoms with van der Waals surface area (Å²) in [5.74, 6) is -0.988. The third-order valence-electron chi connectivity index (χ3n) is 12.4. The van der Waals surface area contributed by atoms with E-state index >= 15 is 0 Å². The number of rotatable bonds is 52. The first-order chi connectivity index (χ1) is 36.0. The minimum absolute atomic E-state index is 0.112. The van der Waals surface area contributed by atoms with Crippen LogP contribution in [-0.4, -0.2) is 37.2 Å². The molecule has 0 aromatic rings. The van der Waals surface area contributed by atoms with Crippen LogP contribution < -0.4 is 0 Å². The van der Waals surface area contributed by atoms with Gasteiger partial charge in [-0.15, -0.1) is 0 Å². The van der Waals surface area contributed by atoms with Gasteiger partial charge in [-0.3, -0.25) is 14.4 Å². The predicted molar refractivity (Wildman–Crippen MR) is 316 cm³/mol. The zero-order valence-electron chi connectivity index (χ0n) is 47.1. The van der Waals surface area contributed by atoms with E-state index in [2.05, 4.69) is 81.5 Å². The number of carbonyl (C=O) groups is 3. The number of allylic oxidation sites excluding steroid dienone is 22. The number of carbonyl (C=O) groups excluding carboxylic acids is 3. The SMILES string of the molecule is CC\C=C/C=C\C=C/C=C\C=C\C=C/C=C\CCCCCC(=O)OCC(COC(=O)CCCCCCC/C=C\C=C/CCCCCCCCC)OC(=O)CCCCCCC/C=C\C=C/CCCCCCCCC. The van der Waals surface area contributed by atoms with Crippen molar-refractivity contribution in [2.45, 2.75) is 258 Å². The quantitative estimate of drug-likeness (QED) is 0.0261. The molecule has 0 aliphatic rings. The number of ether oxygens (including phenoxy) is 3. The number of esters is 3. The topological polar surface area (TPSA) is 78.9 Å². The molecule has 0 saturated heterocycles. The van der Waals surface area contributed by atoms with E-state index in [1.54, 1.807) is 0 Å². The molecule has 0 aliphatic carbocycles. The summed E-state index contributed by atoms with van der Waals surface area (Å²) in [6.45, 7) is 6.42. The summed E-state index contributed by atoms with van der Waals surface area (Å²) < 4.78 is 16.8. The second-order valence-corrected chi connectivity index (χ2v) is 19.4. The highest BCUT2D eigenvalue weighted by molar-refractivity contribution is 5.71.